The van der Waals surface area contributed by atoms with Gasteiger partial charge in [-0.3, -0.25) is 0 Å². The second-order valence-corrected chi connectivity index (χ2v) is 5.48. The minimum Gasteiger partial charge on any atom is -0.380 e. The summed E-state index contributed by atoms with van der Waals surface area (Å²) in [5, 5.41) is 6.40. The Morgan fingerprint density at radius 1 is 1.25 bits per heavy atom. The zero-order valence-electron chi connectivity index (χ0n) is 15.1. The summed E-state index contributed by atoms with van der Waals surface area (Å²) in [5.41, 5.74) is 1.68. The first-order valence-electron chi connectivity index (χ1n) is 8.08. The van der Waals surface area contributed by atoms with Crippen LogP contribution in [0.15, 0.2) is 23.2 Å². The van der Waals surface area contributed by atoms with Crippen molar-refractivity contribution in [2.24, 2.45) is 4.99 Å². The summed E-state index contributed by atoms with van der Waals surface area (Å²) in [6, 6.07) is 5.17. The van der Waals surface area contributed by atoms with E-state index in [2.05, 4.69) is 15.6 Å². The van der Waals surface area contributed by atoms with E-state index in [0.29, 0.717) is 38.4 Å². The van der Waals surface area contributed by atoms with Crippen LogP contribution in [0.5, 0.6) is 0 Å². The maximum absolute atomic E-state index is 13.8. The molecular weight excluding hydrogens is 422 g/mol. The minimum atomic E-state index is -0.173. The minimum absolute atomic E-state index is 0. The van der Waals surface area contributed by atoms with Crippen LogP contribution in [0.25, 0.3) is 0 Å². The molecule has 0 amide bonds. The zero-order chi connectivity index (χ0) is 17.1. The predicted octanol–water partition coefficient (Wildman–Crippen LogP) is 2.60. The molecule has 1 rings (SSSR count). The molecule has 0 heterocycles. The topological polar surface area (TPSA) is 48.9 Å². The Morgan fingerprint density at radius 3 is 2.62 bits per heavy atom. The first-order chi connectivity index (χ1) is 11.1. The quantitative estimate of drug-likeness (QED) is 0.262. The Kier molecular flexibility index (Phi) is 12.9. The highest BCUT2D eigenvalue weighted by molar-refractivity contribution is 14.0. The molecule has 0 aliphatic heterocycles. The number of hydrogen-bond acceptors (Lipinski definition) is 3. The summed E-state index contributed by atoms with van der Waals surface area (Å²) >= 11 is 0. The van der Waals surface area contributed by atoms with Gasteiger partial charge in [0.1, 0.15) is 5.82 Å². The maximum Gasteiger partial charge on any atom is 0.191 e. The molecular formula is C17H30FIN4O. The van der Waals surface area contributed by atoms with Crippen molar-refractivity contribution in [3.8, 4) is 0 Å². The van der Waals surface area contributed by atoms with E-state index in [1.807, 2.05) is 38.9 Å². The number of ether oxygens (including phenoxy) is 1. The van der Waals surface area contributed by atoms with Gasteiger partial charge in [-0.15, -0.1) is 24.0 Å². The van der Waals surface area contributed by atoms with Crippen LogP contribution in [0.3, 0.4) is 0 Å². The molecule has 24 heavy (non-hydrogen) atoms. The number of nitrogens with zero attached hydrogens (tertiary/aromatic N) is 2. The van der Waals surface area contributed by atoms with Crippen molar-refractivity contribution in [3.63, 3.8) is 0 Å². The average Bonchev–Trinajstić information content (AvgIpc) is 2.51. The monoisotopic (exact) mass is 452 g/mol. The van der Waals surface area contributed by atoms with Crippen molar-refractivity contribution >= 4 is 29.9 Å². The van der Waals surface area contributed by atoms with Crippen molar-refractivity contribution in [1.29, 1.82) is 0 Å². The van der Waals surface area contributed by atoms with Crippen molar-refractivity contribution in [3.05, 3.63) is 35.1 Å². The molecule has 1 aromatic carbocycles. The average molecular weight is 452 g/mol. The molecule has 7 heteroatoms. The maximum atomic E-state index is 13.8. The highest BCUT2D eigenvalue weighted by Crippen LogP contribution is 2.13. The molecule has 0 bridgehead atoms. The lowest BCUT2D eigenvalue weighted by Crippen LogP contribution is -2.39. The van der Waals surface area contributed by atoms with Gasteiger partial charge in [0, 0.05) is 31.8 Å². The third-order valence-corrected chi connectivity index (χ3v) is 3.10. The van der Waals surface area contributed by atoms with Gasteiger partial charge in [-0.05, 0) is 45.6 Å². The fourth-order valence-electron chi connectivity index (χ4n) is 2.09. The Balaban J connectivity index is 0.00000529. The molecule has 5 nitrogen and oxygen atoms in total. The SMILES string of the molecule is CCNC(=NCc1ccc(F)c(CN(C)C)c1)NCCOCC.I. The predicted molar refractivity (Wildman–Crippen MR) is 109 cm³/mol. The molecule has 0 spiro atoms. The van der Waals surface area contributed by atoms with Crippen LogP contribution in [0.2, 0.25) is 0 Å². The van der Waals surface area contributed by atoms with Crippen molar-refractivity contribution < 1.29 is 9.13 Å². The number of guanidine groups is 1. The molecule has 0 fully saturated rings. The van der Waals surface area contributed by atoms with Gasteiger partial charge in [0.25, 0.3) is 0 Å². The van der Waals surface area contributed by atoms with Crippen LogP contribution in [0.1, 0.15) is 25.0 Å². The van der Waals surface area contributed by atoms with Gasteiger partial charge in [-0.2, -0.15) is 0 Å². The van der Waals surface area contributed by atoms with Gasteiger partial charge in [-0.25, -0.2) is 9.38 Å². The molecule has 0 aliphatic carbocycles. The Bertz CT molecular complexity index is 497. The van der Waals surface area contributed by atoms with Gasteiger partial charge in [0.2, 0.25) is 0 Å². The largest absolute Gasteiger partial charge is 0.380 e. The number of aliphatic imine (C=N–C) groups is 1. The van der Waals surface area contributed by atoms with E-state index in [-0.39, 0.29) is 29.8 Å². The van der Waals surface area contributed by atoms with Crippen molar-refractivity contribution in [2.75, 3.05) is 40.4 Å². The number of hydrogen-bond donors (Lipinski definition) is 2. The first kappa shape index (κ1) is 23.1. The van der Waals surface area contributed by atoms with Crippen LogP contribution in [0, 0.1) is 5.82 Å². The third-order valence-electron chi connectivity index (χ3n) is 3.10. The van der Waals surface area contributed by atoms with Gasteiger partial charge in [0.05, 0.1) is 13.2 Å². The lowest BCUT2D eigenvalue weighted by molar-refractivity contribution is 0.152. The van der Waals surface area contributed by atoms with E-state index in [0.717, 1.165) is 18.1 Å². The summed E-state index contributed by atoms with van der Waals surface area (Å²) in [5.74, 6) is 0.568. The summed E-state index contributed by atoms with van der Waals surface area (Å²) in [7, 11) is 3.85. The van der Waals surface area contributed by atoms with Crippen molar-refractivity contribution in [1.82, 2.24) is 15.5 Å². The van der Waals surface area contributed by atoms with E-state index in [1.54, 1.807) is 6.07 Å². The van der Waals surface area contributed by atoms with Crippen molar-refractivity contribution in [2.45, 2.75) is 26.9 Å². The molecule has 0 aliphatic rings. The van der Waals surface area contributed by atoms with Gasteiger partial charge >= 0.3 is 0 Å². The van der Waals surface area contributed by atoms with Crippen LogP contribution < -0.4 is 10.6 Å². The van der Waals surface area contributed by atoms with Gasteiger partial charge < -0.3 is 20.3 Å². The van der Waals surface area contributed by atoms with E-state index in [1.165, 1.54) is 6.07 Å². The number of benzene rings is 1. The van der Waals surface area contributed by atoms with Crippen LogP contribution in [-0.2, 0) is 17.8 Å². The smallest absolute Gasteiger partial charge is 0.191 e. The lowest BCUT2D eigenvalue weighted by atomic mass is 10.1. The van der Waals surface area contributed by atoms with E-state index in [9.17, 15) is 4.39 Å². The zero-order valence-corrected chi connectivity index (χ0v) is 17.4. The highest BCUT2D eigenvalue weighted by atomic mass is 127. The Hall–Kier alpha value is -0.930. The molecule has 0 saturated carbocycles. The second kappa shape index (κ2) is 13.4. The van der Waals surface area contributed by atoms with E-state index in [4.69, 9.17) is 4.74 Å². The van der Waals surface area contributed by atoms with Crippen LogP contribution in [-0.4, -0.2) is 51.3 Å². The Morgan fingerprint density at radius 2 is 2.00 bits per heavy atom. The standard InChI is InChI=1S/C17H29FN4O.HI/c1-5-19-17(20-9-10-23-6-2)21-12-14-7-8-16(18)15(11-14)13-22(3)4;/h7-8,11H,5-6,9-10,12-13H2,1-4H3,(H2,19,20,21);1H. The van der Waals surface area contributed by atoms with Crippen LogP contribution in [0.4, 0.5) is 4.39 Å². The summed E-state index contributed by atoms with van der Waals surface area (Å²) < 4.78 is 19.1. The van der Waals surface area contributed by atoms with Crippen LogP contribution >= 0.6 is 24.0 Å². The molecule has 0 unspecified atom stereocenters. The Labute approximate surface area is 162 Å². The number of nitrogens with one attached hydrogen (secondary N) is 2. The third kappa shape index (κ3) is 9.39. The normalized spacial score (nSPS) is 11.3. The molecule has 2 N–H and O–H groups in total. The van der Waals surface area contributed by atoms with E-state index >= 15 is 0 Å². The summed E-state index contributed by atoms with van der Waals surface area (Å²) in [6.07, 6.45) is 0. The summed E-state index contributed by atoms with van der Waals surface area (Å²) in [4.78, 5) is 6.48. The summed E-state index contributed by atoms with van der Waals surface area (Å²) in [6.45, 7) is 7.92. The number of rotatable bonds is 9. The lowest BCUT2D eigenvalue weighted by Gasteiger charge is -2.13. The van der Waals surface area contributed by atoms with Gasteiger partial charge in [-0.1, -0.05) is 6.07 Å². The fraction of sp³-hybridized carbons (Fsp3) is 0.588. The second-order valence-electron chi connectivity index (χ2n) is 5.48. The molecule has 0 radical (unpaired) electrons. The fourth-order valence-corrected chi connectivity index (χ4v) is 2.09. The molecule has 0 aromatic heterocycles. The molecule has 138 valence electrons. The number of halogens is 2. The van der Waals surface area contributed by atoms with Gasteiger partial charge in [0.15, 0.2) is 5.96 Å². The molecule has 0 atom stereocenters. The molecule has 1 aromatic rings. The van der Waals surface area contributed by atoms with E-state index < -0.39 is 0 Å². The first-order valence-corrected chi connectivity index (χ1v) is 8.08. The molecule has 0 saturated heterocycles. The highest BCUT2D eigenvalue weighted by Gasteiger charge is 2.05.